The number of anilines is 3. The van der Waals surface area contributed by atoms with Gasteiger partial charge in [0, 0.05) is 41.8 Å². The summed E-state index contributed by atoms with van der Waals surface area (Å²) in [4.78, 5) is 14.2. The zero-order valence-corrected chi connectivity index (χ0v) is 20.7. The van der Waals surface area contributed by atoms with Gasteiger partial charge in [0.2, 0.25) is 0 Å². The first kappa shape index (κ1) is 23.2. The van der Waals surface area contributed by atoms with E-state index < -0.39 is 9.84 Å². The Hall–Kier alpha value is -3.57. The van der Waals surface area contributed by atoms with Crippen LogP contribution in [0.3, 0.4) is 0 Å². The minimum Gasteiger partial charge on any atom is -0.423 e. The van der Waals surface area contributed by atoms with E-state index in [9.17, 15) is 8.42 Å². The third-order valence-electron chi connectivity index (χ3n) is 5.60. The van der Waals surface area contributed by atoms with Crippen LogP contribution in [0.2, 0.25) is 5.02 Å². The number of hydrogen-bond donors (Lipinski definition) is 3. The number of fused-ring (bicyclic) bond motifs is 1. The van der Waals surface area contributed by atoms with Gasteiger partial charge in [-0.05, 0) is 38.1 Å². The Bertz CT molecular complexity index is 1510. The predicted molar refractivity (Wildman–Crippen MR) is 138 cm³/mol. The highest BCUT2D eigenvalue weighted by molar-refractivity contribution is 7.91. The zero-order chi connectivity index (χ0) is 24.6. The average molecular weight is 514 g/mol. The topological polar surface area (TPSA) is 129 Å². The van der Waals surface area contributed by atoms with Crippen LogP contribution in [0.25, 0.3) is 17.0 Å². The summed E-state index contributed by atoms with van der Waals surface area (Å²) >= 11 is 6.61. The van der Waals surface area contributed by atoms with E-state index in [1.807, 2.05) is 49.1 Å². The summed E-state index contributed by atoms with van der Waals surface area (Å²) in [5, 5.41) is 11.6. The number of rotatable bonds is 6. The number of aromatic nitrogens is 5. The molecule has 1 aromatic carbocycles. The molecule has 0 aliphatic carbocycles. The molecule has 0 atom stereocenters. The molecule has 0 amide bonds. The van der Waals surface area contributed by atoms with Gasteiger partial charge < -0.3 is 19.9 Å². The zero-order valence-electron chi connectivity index (χ0n) is 19.2. The minimum absolute atomic E-state index is 0.0668. The molecule has 1 aliphatic rings. The summed E-state index contributed by atoms with van der Waals surface area (Å²) in [5.41, 5.74) is 2.73. The summed E-state index contributed by atoms with van der Waals surface area (Å²) < 4.78 is 29.9. The number of benzene rings is 1. The fraction of sp³-hybridized carbons (Fsp3) is 0.261. The molecule has 0 bridgehead atoms. The van der Waals surface area contributed by atoms with E-state index >= 15 is 0 Å². The number of hydrogen-bond acceptors (Lipinski definition) is 8. The van der Waals surface area contributed by atoms with Gasteiger partial charge in [0.1, 0.15) is 17.4 Å². The second-order valence-electron chi connectivity index (χ2n) is 8.26. The third-order valence-corrected chi connectivity index (χ3v) is 7.60. The molecule has 1 fully saturated rings. The highest BCUT2D eigenvalue weighted by atomic mass is 35.5. The van der Waals surface area contributed by atoms with E-state index in [2.05, 4.69) is 30.5 Å². The first-order valence-electron chi connectivity index (χ1n) is 11.0. The molecule has 0 spiro atoms. The minimum atomic E-state index is -3.04. The maximum Gasteiger partial charge on any atom is 0.325 e. The lowest BCUT2D eigenvalue weighted by Gasteiger charge is -2.28. The number of aryl methyl sites for hydroxylation is 1. The molecule has 4 aromatic rings. The highest BCUT2D eigenvalue weighted by Crippen LogP contribution is 2.36. The van der Waals surface area contributed by atoms with Crippen molar-refractivity contribution >= 4 is 55.9 Å². The van der Waals surface area contributed by atoms with Crippen molar-refractivity contribution < 1.29 is 13.2 Å². The van der Waals surface area contributed by atoms with Crippen LogP contribution in [0.4, 0.5) is 17.5 Å². The molecule has 12 heteroatoms. The van der Waals surface area contributed by atoms with Crippen molar-refractivity contribution in [3.8, 4) is 11.8 Å². The molecule has 35 heavy (non-hydrogen) atoms. The number of aromatic amines is 2. The van der Waals surface area contributed by atoms with Crippen molar-refractivity contribution in [3.63, 3.8) is 0 Å². The van der Waals surface area contributed by atoms with Crippen LogP contribution >= 0.6 is 11.6 Å². The van der Waals surface area contributed by atoms with Crippen LogP contribution in [0, 0.1) is 6.92 Å². The largest absolute Gasteiger partial charge is 0.423 e. The molecular formula is C23H24ClN7O3S. The Morgan fingerprint density at radius 1 is 1.14 bits per heavy atom. The van der Waals surface area contributed by atoms with Crippen LogP contribution in [0.5, 0.6) is 11.8 Å². The number of nitrogens with one attached hydrogen (secondary N) is 3. The van der Waals surface area contributed by atoms with Gasteiger partial charge in [0.05, 0.1) is 22.2 Å². The van der Waals surface area contributed by atoms with Crippen LogP contribution in [0.15, 0.2) is 36.4 Å². The quantitative estimate of drug-likeness (QED) is 0.345. The van der Waals surface area contributed by atoms with E-state index in [0.717, 1.165) is 22.3 Å². The number of halogens is 1. The van der Waals surface area contributed by atoms with Gasteiger partial charge in [-0.3, -0.25) is 5.10 Å². The first-order chi connectivity index (χ1) is 16.8. The molecule has 1 saturated heterocycles. The van der Waals surface area contributed by atoms with Crippen molar-refractivity contribution in [3.05, 3.63) is 52.8 Å². The van der Waals surface area contributed by atoms with Crippen LogP contribution in [-0.2, 0) is 9.84 Å². The SMILES string of the molecule is C/C=C/c1cc(Nc2cc(N3CCS(=O)(=O)CC3)nc(Oc3ccc4[nH]c(C)cc4c3Cl)n2)n[nH]1. The predicted octanol–water partition coefficient (Wildman–Crippen LogP) is 4.45. The summed E-state index contributed by atoms with van der Waals surface area (Å²) in [6, 6.07) is 9.26. The van der Waals surface area contributed by atoms with Crippen molar-refractivity contribution in [2.24, 2.45) is 0 Å². The number of ether oxygens (including phenoxy) is 1. The Morgan fingerprint density at radius 3 is 2.71 bits per heavy atom. The summed E-state index contributed by atoms with van der Waals surface area (Å²) in [7, 11) is -3.04. The smallest absolute Gasteiger partial charge is 0.325 e. The Morgan fingerprint density at radius 2 is 1.94 bits per heavy atom. The molecule has 0 radical (unpaired) electrons. The van der Waals surface area contributed by atoms with Crippen LogP contribution < -0.4 is 15.0 Å². The second kappa shape index (κ2) is 9.23. The number of H-pyrrole nitrogens is 2. The van der Waals surface area contributed by atoms with Gasteiger partial charge in [-0.25, -0.2) is 8.42 Å². The summed E-state index contributed by atoms with van der Waals surface area (Å²) in [5.74, 6) is 2.11. The van der Waals surface area contributed by atoms with Gasteiger partial charge in [0.15, 0.2) is 15.7 Å². The monoisotopic (exact) mass is 513 g/mol. The van der Waals surface area contributed by atoms with Crippen molar-refractivity contribution in [1.82, 2.24) is 25.1 Å². The first-order valence-corrected chi connectivity index (χ1v) is 13.2. The fourth-order valence-corrected chi connectivity index (χ4v) is 5.35. The number of sulfone groups is 1. The maximum absolute atomic E-state index is 11.9. The molecule has 0 saturated carbocycles. The standard InChI is InChI=1S/C23H24ClN7O3S/c1-3-4-15-12-20(30-29-15)26-19-13-21(31-7-9-35(32,33)10-8-31)28-23(27-19)34-18-6-5-17-16(22(18)24)11-14(2)25-17/h3-6,11-13,25H,7-10H2,1-2H3,(H2,26,27,28,29,30)/b4-3+. The molecule has 0 unspecified atom stereocenters. The average Bonchev–Trinajstić information content (AvgIpc) is 3.42. The van der Waals surface area contributed by atoms with Crippen molar-refractivity contribution in [1.29, 1.82) is 0 Å². The molecule has 3 N–H and O–H groups in total. The molecule has 1 aliphatic heterocycles. The molecule has 182 valence electrons. The van der Waals surface area contributed by atoms with Gasteiger partial charge in [-0.2, -0.15) is 15.1 Å². The number of nitrogens with zero attached hydrogens (tertiary/aromatic N) is 4. The van der Waals surface area contributed by atoms with E-state index in [0.29, 0.717) is 41.3 Å². The van der Waals surface area contributed by atoms with Gasteiger partial charge in [-0.1, -0.05) is 17.7 Å². The Labute approximate surface area is 207 Å². The third kappa shape index (κ3) is 5.10. The van der Waals surface area contributed by atoms with Gasteiger partial charge in [0.25, 0.3) is 0 Å². The normalized spacial score (nSPS) is 15.7. The molecule has 4 heterocycles. The van der Waals surface area contributed by atoms with E-state index in [1.165, 1.54) is 0 Å². The Kier molecular flexibility index (Phi) is 6.12. The summed E-state index contributed by atoms with van der Waals surface area (Å²) in [6.07, 6.45) is 3.80. The molecular weight excluding hydrogens is 490 g/mol. The lowest BCUT2D eigenvalue weighted by Crippen LogP contribution is -2.40. The second-order valence-corrected chi connectivity index (χ2v) is 10.9. The molecule has 10 nitrogen and oxygen atoms in total. The number of allylic oxidation sites excluding steroid dienone is 1. The molecule has 3 aromatic heterocycles. The van der Waals surface area contributed by atoms with E-state index in [1.54, 1.807) is 12.1 Å². The van der Waals surface area contributed by atoms with Crippen LogP contribution in [-0.4, -0.2) is 58.2 Å². The Balaban J connectivity index is 1.49. The van der Waals surface area contributed by atoms with E-state index in [4.69, 9.17) is 16.3 Å². The van der Waals surface area contributed by atoms with Crippen LogP contribution in [0.1, 0.15) is 18.3 Å². The summed E-state index contributed by atoms with van der Waals surface area (Å²) in [6.45, 7) is 4.55. The van der Waals surface area contributed by atoms with E-state index in [-0.39, 0.29) is 17.5 Å². The van der Waals surface area contributed by atoms with Crippen molar-refractivity contribution in [2.45, 2.75) is 13.8 Å². The van der Waals surface area contributed by atoms with Crippen molar-refractivity contribution in [2.75, 3.05) is 34.8 Å². The maximum atomic E-state index is 11.9. The lowest BCUT2D eigenvalue weighted by molar-refractivity contribution is 0.443. The molecule has 5 rings (SSSR count). The van der Waals surface area contributed by atoms with Gasteiger partial charge in [-0.15, -0.1) is 0 Å². The fourth-order valence-electron chi connectivity index (χ4n) is 3.89. The lowest BCUT2D eigenvalue weighted by atomic mass is 10.2. The highest BCUT2D eigenvalue weighted by Gasteiger charge is 2.24. The van der Waals surface area contributed by atoms with Gasteiger partial charge >= 0.3 is 6.01 Å².